The van der Waals surface area contributed by atoms with Gasteiger partial charge >= 0.3 is 0 Å². The molecule has 0 aliphatic heterocycles. The molecule has 0 spiro atoms. The molecule has 0 saturated heterocycles. The van der Waals surface area contributed by atoms with E-state index in [2.05, 4.69) is 23.5 Å². The van der Waals surface area contributed by atoms with Crippen LogP contribution in [-0.4, -0.2) is 23.2 Å². The Bertz CT molecular complexity index is 469. The van der Waals surface area contributed by atoms with Gasteiger partial charge in [-0.05, 0) is 37.8 Å². The molecule has 1 aromatic carbocycles. The highest BCUT2D eigenvalue weighted by Crippen LogP contribution is 2.25. The number of carbonyl (C=O) groups excluding carboxylic acids is 1. The Hall–Kier alpha value is -1.10. The smallest absolute Gasteiger partial charge is 0.223 e. The molecule has 0 unspecified atom stereocenters. The number of nitrogens with one attached hydrogen (secondary N) is 1. The summed E-state index contributed by atoms with van der Waals surface area (Å²) in [6.45, 7) is 4.61. The third-order valence-corrected chi connectivity index (χ3v) is 3.91. The molecule has 0 heterocycles. The fraction of sp³-hybridized carbons (Fsp3) is 0.533. The summed E-state index contributed by atoms with van der Waals surface area (Å²) in [4.78, 5) is 12.0. The number of aliphatic hydroxyl groups is 1. The second-order valence-electron chi connectivity index (χ2n) is 5.55. The van der Waals surface area contributed by atoms with E-state index in [0.717, 1.165) is 5.56 Å². The van der Waals surface area contributed by atoms with Gasteiger partial charge in [0.15, 0.2) is 0 Å². The van der Waals surface area contributed by atoms with Gasteiger partial charge in [-0.25, -0.2) is 0 Å². The summed E-state index contributed by atoms with van der Waals surface area (Å²) in [6.07, 6.45) is 0.496. The molecule has 20 heavy (non-hydrogen) atoms. The summed E-state index contributed by atoms with van der Waals surface area (Å²) in [7, 11) is 0. The molecular weight excluding hydrogens is 276 g/mol. The summed E-state index contributed by atoms with van der Waals surface area (Å²) < 4.78 is 0. The normalized spacial score (nSPS) is 25.1. The fourth-order valence-electron chi connectivity index (χ4n) is 2.58. The minimum atomic E-state index is -0.545. The SMILES string of the molecule is Cc1ccc(C)c(CNC(=O)[C@H]2C[C@@H](N)[C@H](O)C2)c1.Cl. The zero-order chi connectivity index (χ0) is 14.0. The predicted octanol–water partition coefficient (Wildman–Crippen LogP) is 1.44. The first-order valence-electron chi connectivity index (χ1n) is 6.75. The van der Waals surface area contributed by atoms with Gasteiger partial charge < -0.3 is 16.2 Å². The molecule has 1 fully saturated rings. The second kappa shape index (κ2) is 7.07. The molecule has 4 N–H and O–H groups in total. The maximum absolute atomic E-state index is 12.0. The number of nitrogens with two attached hydrogens (primary N) is 1. The van der Waals surface area contributed by atoms with Crippen LogP contribution in [0.1, 0.15) is 29.5 Å². The van der Waals surface area contributed by atoms with E-state index >= 15 is 0 Å². The average Bonchev–Trinajstić information content (AvgIpc) is 2.70. The lowest BCUT2D eigenvalue weighted by molar-refractivity contribution is -0.125. The van der Waals surface area contributed by atoms with Crippen molar-refractivity contribution in [1.29, 1.82) is 0 Å². The van der Waals surface area contributed by atoms with Crippen molar-refractivity contribution in [2.24, 2.45) is 11.7 Å². The van der Waals surface area contributed by atoms with Crippen molar-refractivity contribution in [2.75, 3.05) is 0 Å². The molecule has 4 nitrogen and oxygen atoms in total. The Morgan fingerprint density at radius 1 is 1.40 bits per heavy atom. The van der Waals surface area contributed by atoms with Crippen LogP contribution < -0.4 is 11.1 Å². The van der Waals surface area contributed by atoms with Gasteiger partial charge in [-0.15, -0.1) is 12.4 Å². The quantitative estimate of drug-likeness (QED) is 0.790. The van der Waals surface area contributed by atoms with E-state index in [-0.39, 0.29) is 30.3 Å². The van der Waals surface area contributed by atoms with Crippen LogP contribution in [0.15, 0.2) is 18.2 Å². The Balaban J connectivity index is 0.00000200. The van der Waals surface area contributed by atoms with Crippen LogP contribution >= 0.6 is 12.4 Å². The van der Waals surface area contributed by atoms with Gasteiger partial charge in [-0.2, -0.15) is 0 Å². The van der Waals surface area contributed by atoms with Crippen molar-refractivity contribution >= 4 is 18.3 Å². The van der Waals surface area contributed by atoms with E-state index in [4.69, 9.17) is 5.73 Å². The first kappa shape index (κ1) is 17.0. The van der Waals surface area contributed by atoms with E-state index in [1.165, 1.54) is 11.1 Å². The van der Waals surface area contributed by atoms with Gasteiger partial charge in [0.1, 0.15) is 0 Å². The first-order valence-corrected chi connectivity index (χ1v) is 6.75. The molecule has 1 aromatic rings. The molecule has 1 aliphatic rings. The largest absolute Gasteiger partial charge is 0.391 e. The van der Waals surface area contributed by atoms with Crippen molar-refractivity contribution in [3.05, 3.63) is 34.9 Å². The zero-order valence-corrected chi connectivity index (χ0v) is 12.7. The Morgan fingerprint density at radius 3 is 2.70 bits per heavy atom. The van der Waals surface area contributed by atoms with Crippen LogP contribution in [0, 0.1) is 19.8 Å². The van der Waals surface area contributed by atoms with Gasteiger partial charge in [-0.1, -0.05) is 23.8 Å². The van der Waals surface area contributed by atoms with Crippen LogP contribution in [-0.2, 0) is 11.3 Å². The number of rotatable bonds is 3. The Kier molecular flexibility index (Phi) is 5.99. The number of benzene rings is 1. The van der Waals surface area contributed by atoms with E-state index in [1.807, 2.05) is 13.8 Å². The summed E-state index contributed by atoms with van der Waals surface area (Å²) >= 11 is 0. The minimum Gasteiger partial charge on any atom is -0.391 e. The van der Waals surface area contributed by atoms with Crippen molar-refractivity contribution in [1.82, 2.24) is 5.32 Å². The summed E-state index contributed by atoms with van der Waals surface area (Å²) in [5, 5.41) is 12.5. The number of hydrogen-bond donors (Lipinski definition) is 3. The van der Waals surface area contributed by atoms with Crippen LogP contribution in [0.5, 0.6) is 0 Å². The third-order valence-electron chi connectivity index (χ3n) is 3.91. The monoisotopic (exact) mass is 298 g/mol. The predicted molar refractivity (Wildman–Crippen MR) is 81.7 cm³/mol. The topological polar surface area (TPSA) is 75.4 Å². The van der Waals surface area contributed by atoms with Crippen LogP contribution in [0.3, 0.4) is 0 Å². The Morgan fingerprint density at radius 2 is 2.10 bits per heavy atom. The summed E-state index contributed by atoms with van der Waals surface area (Å²) in [5.41, 5.74) is 9.23. The van der Waals surface area contributed by atoms with Gasteiger partial charge in [0.2, 0.25) is 5.91 Å². The Labute approximate surface area is 126 Å². The van der Waals surface area contributed by atoms with Gasteiger partial charge in [0, 0.05) is 18.5 Å². The number of aliphatic hydroxyl groups excluding tert-OH is 1. The molecular formula is C15H23ClN2O2. The van der Waals surface area contributed by atoms with Crippen LogP contribution in [0.25, 0.3) is 0 Å². The van der Waals surface area contributed by atoms with Gasteiger partial charge in [0.05, 0.1) is 6.10 Å². The first-order chi connectivity index (χ1) is 8.97. The molecule has 0 aromatic heterocycles. The number of carbonyl (C=O) groups is 1. The lowest BCUT2D eigenvalue weighted by Crippen LogP contribution is -2.30. The highest BCUT2D eigenvalue weighted by molar-refractivity contribution is 5.85. The standard InChI is InChI=1S/C15H22N2O2.ClH/c1-9-3-4-10(2)12(5-9)8-17-15(19)11-6-13(16)14(18)7-11;/h3-5,11,13-14,18H,6-8,16H2,1-2H3,(H,17,19);1H/t11-,13+,14+;/m0./s1. The molecule has 1 saturated carbocycles. The lowest BCUT2D eigenvalue weighted by Gasteiger charge is -2.12. The van der Waals surface area contributed by atoms with E-state index in [1.54, 1.807) is 0 Å². The van der Waals surface area contributed by atoms with Gasteiger partial charge in [-0.3, -0.25) is 4.79 Å². The molecule has 2 rings (SSSR count). The van der Waals surface area contributed by atoms with Crippen molar-refractivity contribution < 1.29 is 9.90 Å². The number of amides is 1. The second-order valence-corrected chi connectivity index (χ2v) is 5.55. The molecule has 112 valence electrons. The lowest BCUT2D eigenvalue weighted by atomic mass is 10.0. The maximum atomic E-state index is 12.0. The van der Waals surface area contributed by atoms with E-state index in [0.29, 0.717) is 19.4 Å². The van der Waals surface area contributed by atoms with E-state index in [9.17, 15) is 9.90 Å². The van der Waals surface area contributed by atoms with E-state index < -0.39 is 6.10 Å². The van der Waals surface area contributed by atoms with Crippen LogP contribution in [0.4, 0.5) is 0 Å². The highest BCUT2D eigenvalue weighted by Gasteiger charge is 2.34. The van der Waals surface area contributed by atoms with Crippen molar-refractivity contribution in [2.45, 2.75) is 45.4 Å². The molecule has 1 amide bonds. The fourth-order valence-corrected chi connectivity index (χ4v) is 2.58. The average molecular weight is 299 g/mol. The number of aryl methyl sites for hydroxylation is 2. The van der Waals surface area contributed by atoms with Crippen molar-refractivity contribution in [3.8, 4) is 0 Å². The number of halogens is 1. The highest BCUT2D eigenvalue weighted by atomic mass is 35.5. The maximum Gasteiger partial charge on any atom is 0.223 e. The minimum absolute atomic E-state index is 0. The number of hydrogen-bond acceptors (Lipinski definition) is 3. The zero-order valence-electron chi connectivity index (χ0n) is 11.9. The summed E-state index contributed by atoms with van der Waals surface area (Å²) in [5.74, 6) is -0.164. The van der Waals surface area contributed by atoms with Crippen LogP contribution in [0.2, 0.25) is 0 Å². The van der Waals surface area contributed by atoms with Gasteiger partial charge in [0.25, 0.3) is 0 Å². The third kappa shape index (κ3) is 3.95. The molecule has 3 atom stereocenters. The molecule has 5 heteroatoms. The van der Waals surface area contributed by atoms with Crippen molar-refractivity contribution in [3.63, 3.8) is 0 Å². The molecule has 1 aliphatic carbocycles. The molecule has 0 bridgehead atoms. The molecule has 0 radical (unpaired) electrons. The summed E-state index contributed by atoms with van der Waals surface area (Å²) in [6, 6.07) is 5.95.